The molecule has 0 aliphatic carbocycles. The van der Waals surface area contributed by atoms with Gasteiger partial charge in [-0.1, -0.05) is 13.0 Å². The van der Waals surface area contributed by atoms with Gasteiger partial charge in [-0.25, -0.2) is 0 Å². The number of nitrogens with one attached hydrogen (secondary N) is 1. The van der Waals surface area contributed by atoms with E-state index in [0.29, 0.717) is 0 Å². The minimum absolute atomic E-state index is 0.214. The first-order chi connectivity index (χ1) is 8.54. The van der Waals surface area contributed by atoms with E-state index < -0.39 is 0 Å². The highest BCUT2D eigenvalue weighted by molar-refractivity contribution is 9.10. The maximum atomic E-state index is 10.9. The fourth-order valence-corrected chi connectivity index (χ4v) is 2.43. The normalized spacial score (nSPS) is 10.4. The summed E-state index contributed by atoms with van der Waals surface area (Å²) in [5, 5.41) is 3.35. The van der Waals surface area contributed by atoms with E-state index in [2.05, 4.69) is 40.3 Å². The van der Waals surface area contributed by atoms with E-state index in [1.807, 2.05) is 18.0 Å². The lowest BCUT2D eigenvalue weighted by molar-refractivity contribution is -0.116. The molecule has 0 aromatic heterocycles. The predicted molar refractivity (Wildman–Crippen MR) is 78.6 cm³/mol. The van der Waals surface area contributed by atoms with Crippen LogP contribution in [0.2, 0.25) is 0 Å². The molecule has 0 saturated heterocycles. The Hall–Kier alpha value is -1.07. The number of halogens is 1. The molecule has 0 fully saturated rings. The molecule has 0 saturated carbocycles. The van der Waals surface area contributed by atoms with Crippen molar-refractivity contribution in [2.45, 2.75) is 19.9 Å². The van der Waals surface area contributed by atoms with E-state index in [0.717, 1.165) is 29.7 Å². The summed E-state index contributed by atoms with van der Waals surface area (Å²) in [5.74, 6) is -0.335. The third kappa shape index (κ3) is 4.66. The number of nitrogens with two attached hydrogens (primary N) is 1. The van der Waals surface area contributed by atoms with Crippen molar-refractivity contribution in [1.82, 2.24) is 5.32 Å². The summed E-state index contributed by atoms with van der Waals surface area (Å²) in [6, 6.07) is 6.12. The minimum Gasteiger partial charge on any atom is -0.368 e. The second kappa shape index (κ2) is 7.38. The number of hydrogen-bond donors (Lipinski definition) is 2. The average Bonchev–Trinajstić information content (AvgIpc) is 2.28. The number of carbonyl (C=O) groups excluding carboxylic acids is 1. The zero-order valence-electron chi connectivity index (χ0n) is 10.9. The first-order valence-corrected chi connectivity index (χ1v) is 6.82. The van der Waals surface area contributed by atoms with Gasteiger partial charge in [-0.05, 0) is 46.6 Å². The molecule has 5 heteroatoms. The van der Waals surface area contributed by atoms with Crippen molar-refractivity contribution in [3.8, 4) is 0 Å². The number of primary amides is 1. The second-order valence-corrected chi connectivity index (χ2v) is 5.14. The van der Waals surface area contributed by atoms with Crippen LogP contribution in [0.15, 0.2) is 22.7 Å². The number of benzene rings is 1. The largest absolute Gasteiger partial charge is 0.368 e. The van der Waals surface area contributed by atoms with Gasteiger partial charge in [0, 0.05) is 18.1 Å². The van der Waals surface area contributed by atoms with Crippen LogP contribution in [0.3, 0.4) is 0 Å². The van der Waals surface area contributed by atoms with Crippen LogP contribution in [0.4, 0.5) is 5.69 Å². The predicted octanol–water partition coefficient (Wildman–Crippen LogP) is 1.87. The summed E-state index contributed by atoms with van der Waals surface area (Å²) in [6.07, 6.45) is 1.13. The molecule has 18 heavy (non-hydrogen) atoms. The SMILES string of the molecule is CCCNCc1ccc(N(C)CC(N)=O)c(Br)c1. The van der Waals surface area contributed by atoms with E-state index in [-0.39, 0.29) is 12.5 Å². The third-order valence-corrected chi connectivity index (χ3v) is 3.21. The van der Waals surface area contributed by atoms with Crippen LogP contribution in [-0.2, 0) is 11.3 Å². The Balaban J connectivity index is 2.69. The van der Waals surface area contributed by atoms with Gasteiger partial charge in [0.1, 0.15) is 0 Å². The average molecular weight is 314 g/mol. The first-order valence-electron chi connectivity index (χ1n) is 6.03. The molecule has 0 atom stereocenters. The summed E-state index contributed by atoms with van der Waals surface area (Å²) in [7, 11) is 1.85. The summed E-state index contributed by atoms with van der Waals surface area (Å²) < 4.78 is 0.974. The summed E-state index contributed by atoms with van der Waals surface area (Å²) in [6.45, 7) is 4.23. The summed E-state index contributed by atoms with van der Waals surface area (Å²) in [5.41, 5.74) is 7.37. The molecular weight excluding hydrogens is 294 g/mol. The lowest BCUT2D eigenvalue weighted by Crippen LogP contribution is -2.30. The summed E-state index contributed by atoms with van der Waals surface area (Å²) in [4.78, 5) is 12.7. The molecular formula is C13H20BrN3O. The number of nitrogens with zero attached hydrogens (tertiary/aromatic N) is 1. The highest BCUT2D eigenvalue weighted by atomic mass is 79.9. The minimum atomic E-state index is -0.335. The smallest absolute Gasteiger partial charge is 0.236 e. The number of likely N-dealkylation sites (N-methyl/N-ethyl adjacent to an activating group) is 1. The Morgan fingerprint density at radius 1 is 1.50 bits per heavy atom. The van der Waals surface area contributed by atoms with Gasteiger partial charge in [-0.15, -0.1) is 0 Å². The van der Waals surface area contributed by atoms with Crippen molar-refractivity contribution in [2.75, 3.05) is 25.0 Å². The second-order valence-electron chi connectivity index (χ2n) is 4.28. The maximum Gasteiger partial charge on any atom is 0.236 e. The van der Waals surface area contributed by atoms with Gasteiger partial charge in [0.15, 0.2) is 0 Å². The van der Waals surface area contributed by atoms with Crippen LogP contribution in [0.1, 0.15) is 18.9 Å². The molecule has 3 N–H and O–H groups in total. The number of anilines is 1. The molecule has 0 bridgehead atoms. The van der Waals surface area contributed by atoms with E-state index in [1.54, 1.807) is 0 Å². The molecule has 0 aliphatic heterocycles. The Labute approximate surface area is 117 Å². The van der Waals surface area contributed by atoms with E-state index in [1.165, 1.54) is 5.56 Å². The molecule has 1 rings (SSSR count). The van der Waals surface area contributed by atoms with E-state index >= 15 is 0 Å². The highest BCUT2D eigenvalue weighted by Crippen LogP contribution is 2.26. The molecule has 0 heterocycles. The number of carbonyl (C=O) groups is 1. The van der Waals surface area contributed by atoms with Crippen LogP contribution in [0, 0.1) is 0 Å². The summed E-state index contributed by atoms with van der Waals surface area (Å²) >= 11 is 3.53. The van der Waals surface area contributed by atoms with Gasteiger partial charge in [-0.3, -0.25) is 4.79 Å². The van der Waals surface area contributed by atoms with Gasteiger partial charge in [0.25, 0.3) is 0 Å². The standard InChI is InChI=1S/C13H20BrN3O/c1-3-6-16-8-10-4-5-12(11(14)7-10)17(2)9-13(15)18/h4-5,7,16H,3,6,8-9H2,1-2H3,(H2,15,18). The van der Waals surface area contributed by atoms with Crippen LogP contribution < -0.4 is 16.0 Å². The van der Waals surface area contributed by atoms with Gasteiger partial charge >= 0.3 is 0 Å². The van der Waals surface area contributed by atoms with Crippen LogP contribution in [0.5, 0.6) is 0 Å². The molecule has 4 nitrogen and oxygen atoms in total. The molecule has 100 valence electrons. The van der Waals surface area contributed by atoms with Gasteiger partial charge in [0.05, 0.1) is 12.2 Å². The van der Waals surface area contributed by atoms with Crippen LogP contribution in [0.25, 0.3) is 0 Å². The highest BCUT2D eigenvalue weighted by Gasteiger charge is 2.08. The molecule has 1 aromatic carbocycles. The Morgan fingerprint density at radius 2 is 2.22 bits per heavy atom. The molecule has 0 spiro atoms. The first kappa shape index (κ1) is 15.0. The maximum absolute atomic E-state index is 10.9. The van der Waals surface area contributed by atoms with Crippen molar-refractivity contribution in [1.29, 1.82) is 0 Å². The van der Waals surface area contributed by atoms with Crippen molar-refractivity contribution >= 4 is 27.5 Å². The fourth-order valence-electron chi connectivity index (χ4n) is 1.70. The van der Waals surface area contributed by atoms with E-state index in [4.69, 9.17) is 5.73 Å². The molecule has 1 aromatic rings. The fraction of sp³-hybridized carbons (Fsp3) is 0.462. The quantitative estimate of drug-likeness (QED) is 0.756. The third-order valence-electron chi connectivity index (χ3n) is 2.57. The zero-order valence-corrected chi connectivity index (χ0v) is 12.5. The molecule has 0 radical (unpaired) electrons. The zero-order chi connectivity index (χ0) is 13.5. The lowest BCUT2D eigenvalue weighted by Gasteiger charge is -2.19. The van der Waals surface area contributed by atoms with Crippen molar-refractivity contribution < 1.29 is 4.79 Å². The lowest BCUT2D eigenvalue weighted by atomic mass is 10.2. The monoisotopic (exact) mass is 313 g/mol. The van der Waals surface area contributed by atoms with E-state index in [9.17, 15) is 4.79 Å². The Kier molecular flexibility index (Phi) is 6.15. The number of hydrogen-bond acceptors (Lipinski definition) is 3. The van der Waals surface area contributed by atoms with Gasteiger partial charge in [-0.2, -0.15) is 0 Å². The van der Waals surface area contributed by atoms with Gasteiger partial charge in [0.2, 0.25) is 5.91 Å². The topological polar surface area (TPSA) is 58.4 Å². The number of amides is 1. The van der Waals surface area contributed by atoms with Gasteiger partial charge < -0.3 is 16.0 Å². The van der Waals surface area contributed by atoms with Crippen LogP contribution in [-0.4, -0.2) is 26.0 Å². The van der Waals surface area contributed by atoms with Crippen LogP contribution >= 0.6 is 15.9 Å². The molecule has 0 unspecified atom stereocenters. The molecule has 1 amide bonds. The van der Waals surface area contributed by atoms with Crippen molar-refractivity contribution in [2.24, 2.45) is 5.73 Å². The Morgan fingerprint density at radius 3 is 2.78 bits per heavy atom. The molecule has 0 aliphatic rings. The number of rotatable bonds is 7. The van der Waals surface area contributed by atoms with Crippen molar-refractivity contribution in [3.05, 3.63) is 28.2 Å². The van der Waals surface area contributed by atoms with Crippen molar-refractivity contribution in [3.63, 3.8) is 0 Å². The Bertz CT molecular complexity index is 409.